The summed E-state index contributed by atoms with van der Waals surface area (Å²) < 4.78 is 25.8. The predicted molar refractivity (Wildman–Crippen MR) is 126 cm³/mol. The van der Waals surface area contributed by atoms with Crippen LogP contribution in [0.25, 0.3) is 0 Å². The van der Waals surface area contributed by atoms with Crippen molar-refractivity contribution in [3.8, 4) is 0 Å². The first kappa shape index (κ1) is 23.6. The molecular formula is C23H23ClN4O3S. The third-order valence-electron chi connectivity index (χ3n) is 5.12. The third-order valence-corrected chi connectivity index (χ3v) is 7.15. The Hall–Kier alpha value is -3.07. The number of anilines is 1. The van der Waals surface area contributed by atoms with Crippen molar-refractivity contribution in [2.45, 2.75) is 24.3 Å². The van der Waals surface area contributed by atoms with Crippen molar-refractivity contribution in [1.82, 2.24) is 4.98 Å². The summed E-state index contributed by atoms with van der Waals surface area (Å²) in [5, 5.41) is 11.1. The van der Waals surface area contributed by atoms with Crippen molar-refractivity contribution in [2.75, 3.05) is 5.32 Å². The molecule has 0 aliphatic carbocycles. The number of sulfone groups is 1. The molecule has 1 amide bonds. The first-order chi connectivity index (χ1) is 15.2. The Balaban J connectivity index is 1.77. The van der Waals surface area contributed by atoms with E-state index in [1.165, 1.54) is 24.3 Å². The van der Waals surface area contributed by atoms with Gasteiger partial charge < -0.3 is 11.1 Å². The first-order valence-electron chi connectivity index (χ1n) is 9.90. The Labute approximate surface area is 192 Å². The van der Waals surface area contributed by atoms with E-state index in [4.69, 9.17) is 22.7 Å². The van der Waals surface area contributed by atoms with Gasteiger partial charge in [-0.2, -0.15) is 0 Å². The van der Waals surface area contributed by atoms with E-state index in [0.29, 0.717) is 28.3 Å². The van der Waals surface area contributed by atoms with Crippen molar-refractivity contribution < 1.29 is 13.2 Å². The van der Waals surface area contributed by atoms with E-state index in [-0.39, 0.29) is 10.8 Å². The molecule has 0 radical (unpaired) electrons. The van der Waals surface area contributed by atoms with Crippen LogP contribution in [0.5, 0.6) is 0 Å². The second-order valence-corrected chi connectivity index (χ2v) is 9.53. The van der Waals surface area contributed by atoms with Crippen LogP contribution in [0.3, 0.4) is 0 Å². The summed E-state index contributed by atoms with van der Waals surface area (Å²) >= 11 is 5.84. The second kappa shape index (κ2) is 10.0. The van der Waals surface area contributed by atoms with Gasteiger partial charge in [-0.1, -0.05) is 30.7 Å². The van der Waals surface area contributed by atoms with Gasteiger partial charge in [0.05, 0.1) is 4.90 Å². The lowest BCUT2D eigenvalue weighted by Gasteiger charge is -2.24. The van der Waals surface area contributed by atoms with Gasteiger partial charge in [-0.25, -0.2) is 8.42 Å². The molecule has 1 heterocycles. The molecule has 166 valence electrons. The summed E-state index contributed by atoms with van der Waals surface area (Å²) in [6.45, 7) is 1.78. The lowest BCUT2D eigenvalue weighted by Crippen LogP contribution is -2.32. The smallest absolute Gasteiger partial charge is 0.255 e. The summed E-state index contributed by atoms with van der Waals surface area (Å²) in [6.07, 6.45) is 3.52. The molecule has 32 heavy (non-hydrogen) atoms. The summed E-state index contributed by atoms with van der Waals surface area (Å²) in [5.74, 6) is -1.02. The Morgan fingerprint density at radius 1 is 1.06 bits per heavy atom. The Morgan fingerprint density at radius 2 is 1.66 bits per heavy atom. The third kappa shape index (κ3) is 5.21. The zero-order valence-corrected chi connectivity index (χ0v) is 18.9. The normalized spacial score (nSPS) is 13.2. The Morgan fingerprint density at radius 3 is 2.22 bits per heavy atom. The van der Waals surface area contributed by atoms with Crippen molar-refractivity contribution in [1.29, 1.82) is 5.41 Å². The lowest BCUT2D eigenvalue weighted by molar-refractivity contribution is 0.102. The van der Waals surface area contributed by atoms with Gasteiger partial charge in [-0.05, 0) is 60.5 Å². The van der Waals surface area contributed by atoms with E-state index < -0.39 is 26.8 Å². The first-order valence-corrected chi connectivity index (χ1v) is 11.8. The lowest BCUT2D eigenvalue weighted by atomic mass is 9.92. The number of aromatic nitrogens is 1. The van der Waals surface area contributed by atoms with Crippen molar-refractivity contribution in [2.24, 2.45) is 11.7 Å². The maximum Gasteiger partial charge on any atom is 0.255 e. The molecule has 0 fully saturated rings. The van der Waals surface area contributed by atoms with Crippen LogP contribution >= 0.6 is 11.6 Å². The summed E-state index contributed by atoms with van der Waals surface area (Å²) in [5.41, 5.74) is 8.05. The average Bonchev–Trinajstić information content (AvgIpc) is 2.80. The summed E-state index contributed by atoms with van der Waals surface area (Å²) in [6, 6.07) is 14.9. The van der Waals surface area contributed by atoms with E-state index in [9.17, 15) is 13.2 Å². The van der Waals surface area contributed by atoms with Gasteiger partial charge in [0, 0.05) is 40.6 Å². The molecule has 2 aromatic carbocycles. The molecule has 0 spiro atoms. The number of hydrogen-bond acceptors (Lipinski definition) is 6. The number of amides is 1. The molecule has 0 saturated heterocycles. The molecule has 4 N–H and O–H groups in total. The van der Waals surface area contributed by atoms with Crippen molar-refractivity contribution >= 4 is 38.1 Å². The van der Waals surface area contributed by atoms with Gasteiger partial charge >= 0.3 is 0 Å². The van der Waals surface area contributed by atoms with Gasteiger partial charge in [0.2, 0.25) is 9.84 Å². The van der Waals surface area contributed by atoms with Crippen LogP contribution in [0.1, 0.15) is 35.3 Å². The fraction of sp³-hybridized carbons (Fsp3) is 0.174. The van der Waals surface area contributed by atoms with Gasteiger partial charge in [-0.3, -0.25) is 15.2 Å². The number of carbonyl (C=O) groups excluding carboxylic acids is 1. The second-order valence-electron chi connectivity index (χ2n) is 7.17. The quantitative estimate of drug-likeness (QED) is 0.347. The fourth-order valence-corrected chi connectivity index (χ4v) is 4.86. The molecule has 0 aliphatic rings. The predicted octanol–water partition coefficient (Wildman–Crippen LogP) is 4.46. The summed E-state index contributed by atoms with van der Waals surface area (Å²) in [4.78, 5) is 16.3. The highest BCUT2D eigenvalue weighted by Gasteiger charge is 2.32. The van der Waals surface area contributed by atoms with Crippen LogP contribution < -0.4 is 11.1 Å². The molecule has 2 unspecified atom stereocenters. The van der Waals surface area contributed by atoms with Crippen LogP contribution in [0.15, 0.2) is 78.0 Å². The molecule has 1 aromatic heterocycles. The topological polar surface area (TPSA) is 126 Å². The van der Waals surface area contributed by atoms with E-state index in [0.717, 1.165) is 0 Å². The molecule has 3 rings (SSSR count). The number of benzene rings is 2. The van der Waals surface area contributed by atoms with E-state index in [2.05, 4.69) is 10.3 Å². The van der Waals surface area contributed by atoms with Crippen molar-refractivity contribution in [3.63, 3.8) is 0 Å². The Kier molecular flexibility index (Phi) is 7.40. The highest BCUT2D eigenvalue weighted by Crippen LogP contribution is 2.28. The average molecular weight is 471 g/mol. The molecule has 3 aromatic rings. The van der Waals surface area contributed by atoms with Gasteiger partial charge in [0.25, 0.3) is 5.91 Å². The van der Waals surface area contributed by atoms with Crippen LogP contribution in [0.4, 0.5) is 5.69 Å². The number of nitrogens with two attached hydrogens (primary N) is 1. The molecule has 0 aliphatic heterocycles. The van der Waals surface area contributed by atoms with Crippen LogP contribution in [0.2, 0.25) is 5.02 Å². The molecule has 2 atom stereocenters. The zero-order chi connectivity index (χ0) is 23.3. The number of nitrogens with one attached hydrogen (secondary N) is 2. The Bertz CT molecular complexity index is 1200. The minimum Gasteiger partial charge on any atom is -0.323 e. The minimum atomic E-state index is -4.00. The van der Waals surface area contributed by atoms with E-state index in [1.807, 2.05) is 0 Å². The molecule has 9 heteroatoms. The van der Waals surface area contributed by atoms with Crippen LogP contribution in [-0.2, 0) is 9.84 Å². The molecule has 0 saturated carbocycles. The largest absolute Gasteiger partial charge is 0.323 e. The van der Waals surface area contributed by atoms with Crippen LogP contribution in [0, 0.1) is 11.3 Å². The van der Waals surface area contributed by atoms with Gasteiger partial charge in [-0.15, -0.1) is 0 Å². The summed E-state index contributed by atoms with van der Waals surface area (Å²) in [7, 11) is -4.00. The van der Waals surface area contributed by atoms with Gasteiger partial charge in [0.1, 0.15) is 5.04 Å². The molecule has 0 bridgehead atoms. The van der Waals surface area contributed by atoms with Gasteiger partial charge in [0.15, 0.2) is 0 Å². The molecular weight excluding hydrogens is 448 g/mol. The number of halogens is 1. The van der Waals surface area contributed by atoms with E-state index in [1.54, 1.807) is 55.7 Å². The minimum absolute atomic E-state index is 0.000631. The van der Waals surface area contributed by atoms with Crippen LogP contribution in [-0.4, -0.2) is 24.4 Å². The fourth-order valence-electron chi connectivity index (χ4n) is 3.27. The number of rotatable bonds is 7. The number of hydrogen-bond donors (Lipinski definition) is 3. The number of pyridine rings is 1. The van der Waals surface area contributed by atoms with Crippen molar-refractivity contribution in [3.05, 3.63) is 89.2 Å². The SMILES string of the molecule is CCC(C(=N)S(=O)(=O)c1ccc(Cl)cc1)C(N)c1ccc(C(=O)Nc2ccncc2)cc1. The highest BCUT2D eigenvalue weighted by atomic mass is 35.5. The standard InChI is InChI=1S/C23H23ClN4O3S/c1-2-20(22(26)32(30,31)19-9-7-17(24)8-10-19)21(25)15-3-5-16(6-4-15)23(29)28-18-11-13-27-14-12-18/h3-14,20-21,26H,2,25H2,1H3,(H,27,28,29). The maximum atomic E-state index is 12.9. The van der Waals surface area contributed by atoms with E-state index >= 15 is 0 Å². The number of carbonyl (C=O) groups is 1. The maximum absolute atomic E-state index is 12.9. The highest BCUT2D eigenvalue weighted by molar-refractivity contribution is 8.06. The zero-order valence-electron chi connectivity index (χ0n) is 17.3. The monoisotopic (exact) mass is 470 g/mol. The molecule has 7 nitrogen and oxygen atoms in total. The number of nitrogens with zero attached hydrogens (tertiary/aromatic N) is 1.